The van der Waals surface area contributed by atoms with E-state index in [0.717, 1.165) is 16.5 Å². The Balaban J connectivity index is 2.01. The van der Waals surface area contributed by atoms with Crippen LogP contribution >= 0.6 is 12.2 Å². The number of rotatable bonds is 1. The molecule has 84 valence electrons. The average molecular weight is 244 g/mol. The molecule has 2 heterocycles. The van der Waals surface area contributed by atoms with Crippen molar-refractivity contribution in [3.8, 4) is 0 Å². The molecule has 0 radical (unpaired) electrons. The van der Waals surface area contributed by atoms with Gasteiger partial charge in [0, 0.05) is 5.39 Å². The van der Waals surface area contributed by atoms with Gasteiger partial charge >= 0.3 is 0 Å². The summed E-state index contributed by atoms with van der Waals surface area (Å²) in [6.07, 6.45) is 3.49. The molecule has 1 amide bonds. The molecule has 6 heteroatoms. The smallest absolute Gasteiger partial charge is 0.273 e. The SMILES string of the molecule is O=C1NC(=S)N/C1=C\c1ccc2[nH]ncc2c1. The molecule has 5 nitrogen and oxygen atoms in total. The largest absolute Gasteiger partial charge is 0.328 e. The summed E-state index contributed by atoms with van der Waals surface area (Å²) < 4.78 is 0. The summed E-state index contributed by atoms with van der Waals surface area (Å²) in [5, 5.41) is 13.5. The van der Waals surface area contributed by atoms with Crippen LogP contribution in [-0.4, -0.2) is 21.2 Å². The van der Waals surface area contributed by atoms with E-state index in [9.17, 15) is 4.79 Å². The summed E-state index contributed by atoms with van der Waals surface area (Å²) in [6.45, 7) is 0. The molecule has 3 rings (SSSR count). The highest BCUT2D eigenvalue weighted by atomic mass is 32.1. The number of nitrogens with one attached hydrogen (secondary N) is 3. The van der Waals surface area contributed by atoms with Crippen LogP contribution in [0, 0.1) is 0 Å². The van der Waals surface area contributed by atoms with Crippen molar-refractivity contribution in [1.82, 2.24) is 20.8 Å². The standard InChI is InChI=1S/C11H8N4OS/c16-10-9(13-11(17)14-10)4-6-1-2-8-7(3-6)5-12-15-8/h1-5H,(H,12,15)(H2,13,14,16,17)/b9-4-. The molecule has 0 bridgehead atoms. The molecule has 1 aromatic carbocycles. The Morgan fingerprint density at radius 1 is 1.29 bits per heavy atom. The van der Waals surface area contributed by atoms with Crippen LogP contribution in [0.2, 0.25) is 0 Å². The molecule has 0 saturated carbocycles. The van der Waals surface area contributed by atoms with Crippen molar-refractivity contribution in [3.63, 3.8) is 0 Å². The molecule has 3 N–H and O–H groups in total. The van der Waals surface area contributed by atoms with E-state index in [1.54, 1.807) is 12.3 Å². The Labute approximate surface area is 102 Å². The third-order valence-electron chi connectivity index (χ3n) is 2.50. The lowest BCUT2D eigenvalue weighted by Gasteiger charge is -1.96. The summed E-state index contributed by atoms with van der Waals surface area (Å²) in [4.78, 5) is 11.5. The van der Waals surface area contributed by atoms with Crippen molar-refractivity contribution in [1.29, 1.82) is 0 Å². The van der Waals surface area contributed by atoms with Gasteiger partial charge in [-0.1, -0.05) is 6.07 Å². The summed E-state index contributed by atoms with van der Waals surface area (Å²) >= 11 is 4.85. The van der Waals surface area contributed by atoms with Crippen LogP contribution < -0.4 is 10.6 Å². The molecular formula is C11H8N4OS. The van der Waals surface area contributed by atoms with E-state index in [0.29, 0.717) is 10.8 Å². The fourth-order valence-corrected chi connectivity index (χ4v) is 1.90. The van der Waals surface area contributed by atoms with Gasteiger partial charge in [-0.2, -0.15) is 5.10 Å². The molecule has 17 heavy (non-hydrogen) atoms. The van der Waals surface area contributed by atoms with E-state index in [-0.39, 0.29) is 5.91 Å². The van der Waals surface area contributed by atoms with Crippen LogP contribution in [0.15, 0.2) is 30.1 Å². The number of hydrogen-bond acceptors (Lipinski definition) is 3. The number of aromatic amines is 1. The Bertz CT molecular complexity index is 658. The van der Waals surface area contributed by atoms with Gasteiger partial charge in [0.15, 0.2) is 5.11 Å². The van der Waals surface area contributed by atoms with Crippen molar-refractivity contribution >= 4 is 40.2 Å². The normalized spacial score (nSPS) is 17.5. The molecule has 1 fully saturated rings. The van der Waals surface area contributed by atoms with Crippen molar-refractivity contribution < 1.29 is 4.79 Å². The second kappa shape index (κ2) is 3.67. The molecular weight excluding hydrogens is 236 g/mol. The Hall–Kier alpha value is -2.21. The molecule has 1 saturated heterocycles. The first-order chi connectivity index (χ1) is 8.22. The molecule has 0 aliphatic carbocycles. The zero-order valence-electron chi connectivity index (χ0n) is 8.65. The molecule has 0 spiro atoms. The zero-order valence-corrected chi connectivity index (χ0v) is 9.47. The van der Waals surface area contributed by atoms with E-state index in [4.69, 9.17) is 12.2 Å². The average Bonchev–Trinajstić information content (AvgIpc) is 2.85. The number of carbonyl (C=O) groups excluding carboxylic acids is 1. The van der Waals surface area contributed by atoms with Crippen LogP contribution in [0.1, 0.15) is 5.56 Å². The number of benzene rings is 1. The molecule has 0 atom stereocenters. The van der Waals surface area contributed by atoms with Gasteiger partial charge < -0.3 is 5.32 Å². The molecule has 1 aromatic heterocycles. The van der Waals surface area contributed by atoms with Gasteiger partial charge in [0.05, 0.1) is 11.7 Å². The third kappa shape index (κ3) is 1.78. The van der Waals surface area contributed by atoms with Gasteiger partial charge in [-0.25, -0.2) is 0 Å². The monoisotopic (exact) mass is 244 g/mol. The number of hydrogen-bond donors (Lipinski definition) is 3. The van der Waals surface area contributed by atoms with Crippen molar-refractivity contribution in [2.45, 2.75) is 0 Å². The van der Waals surface area contributed by atoms with Gasteiger partial charge in [0.1, 0.15) is 5.70 Å². The van der Waals surface area contributed by atoms with Crippen molar-refractivity contribution in [2.24, 2.45) is 0 Å². The van der Waals surface area contributed by atoms with Gasteiger partial charge in [-0.05, 0) is 36.0 Å². The van der Waals surface area contributed by atoms with Crippen LogP contribution in [0.3, 0.4) is 0 Å². The van der Waals surface area contributed by atoms with Crippen LogP contribution in [-0.2, 0) is 4.79 Å². The summed E-state index contributed by atoms with van der Waals surface area (Å²) in [6, 6.07) is 5.77. The minimum atomic E-state index is -0.206. The highest BCUT2D eigenvalue weighted by Crippen LogP contribution is 2.15. The molecule has 1 aliphatic heterocycles. The molecule has 1 aliphatic rings. The van der Waals surface area contributed by atoms with Gasteiger partial charge in [0.25, 0.3) is 5.91 Å². The number of H-pyrrole nitrogens is 1. The fraction of sp³-hybridized carbons (Fsp3) is 0. The van der Waals surface area contributed by atoms with Crippen molar-refractivity contribution in [3.05, 3.63) is 35.7 Å². The Kier molecular flexibility index (Phi) is 2.15. The highest BCUT2D eigenvalue weighted by Gasteiger charge is 2.19. The first-order valence-electron chi connectivity index (χ1n) is 4.99. The number of carbonyl (C=O) groups is 1. The van der Waals surface area contributed by atoms with E-state index >= 15 is 0 Å². The second-order valence-electron chi connectivity index (χ2n) is 3.68. The van der Waals surface area contributed by atoms with Crippen LogP contribution in [0.5, 0.6) is 0 Å². The fourth-order valence-electron chi connectivity index (χ4n) is 1.70. The number of nitrogens with zero attached hydrogens (tertiary/aromatic N) is 1. The number of fused-ring (bicyclic) bond motifs is 1. The summed E-state index contributed by atoms with van der Waals surface area (Å²) in [7, 11) is 0. The minimum absolute atomic E-state index is 0.206. The predicted molar refractivity (Wildman–Crippen MR) is 67.9 cm³/mol. The van der Waals surface area contributed by atoms with E-state index in [1.807, 2.05) is 18.2 Å². The highest BCUT2D eigenvalue weighted by molar-refractivity contribution is 7.80. The number of thiocarbonyl (C=S) groups is 1. The minimum Gasteiger partial charge on any atom is -0.328 e. The van der Waals surface area contributed by atoms with Gasteiger partial charge in [-0.3, -0.25) is 15.2 Å². The summed E-state index contributed by atoms with van der Waals surface area (Å²) in [5.41, 5.74) is 2.34. The summed E-state index contributed by atoms with van der Waals surface area (Å²) in [5.74, 6) is -0.206. The maximum absolute atomic E-state index is 11.5. The van der Waals surface area contributed by atoms with E-state index in [2.05, 4.69) is 20.8 Å². The number of aromatic nitrogens is 2. The lowest BCUT2D eigenvalue weighted by molar-refractivity contribution is -0.115. The zero-order chi connectivity index (χ0) is 11.8. The van der Waals surface area contributed by atoms with Gasteiger partial charge in [0.2, 0.25) is 0 Å². The van der Waals surface area contributed by atoms with Crippen molar-refractivity contribution in [2.75, 3.05) is 0 Å². The topological polar surface area (TPSA) is 69.8 Å². The molecule has 0 unspecified atom stereocenters. The predicted octanol–water partition coefficient (Wildman–Crippen LogP) is 0.908. The van der Waals surface area contributed by atoms with E-state index in [1.165, 1.54) is 0 Å². The Morgan fingerprint density at radius 3 is 2.94 bits per heavy atom. The first-order valence-corrected chi connectivity index (χ1v) is 5.40. The van der Waals surface area contributed by atoms with Crippen LogP contribution in [0.25, 0.3) is 17.0 Å². The Morgan fingerprint density at radius 2 is 2.18 bits per heavy atom. The lowest BCUT2D eigenvalue weighted by atomic mass is 10.1. The molecule has 2 aromatic rings. The van der Waals surface area contributed by atoms with Gasteiger partial charge in [-0.15, -0.1) is 0 Å². The van der Waals surface area contributed by atoms with E-state index < -0.39 is 0 Å². The number of amides is 1. The second-order valence-corrected chi connectivity index (χ2v) is 4.09. The van der Waals surface area contributed by atoms with Crippen LogP contribution in [0.4, 0.5) is 0 Å². The maximum Gasteiger partial charge on any atom is 0.273 e. The third-order valence-corrected chi connectivity index (χ3v) is 2.70. The quantitative estimate of drug-likeness (QED) is 0.515. The lowest BCUT2D eigenvalue weighted by Crippen LogP contribution is -2.21. The first kappa shape index (κ1) is 9.98. The maximum atomic E-state index is 11.5.